The zero-order valence-electron chi connectivity index (χ0n) is 11.8. The van der Waals surface area contributed by atoms with E-state index in [0.717, 1.165) is 18.4 Å². The van der Waals surface area contributed by atoms with Gasteiger partial charge >= 0.3 is 0 Å². The van der Waals surface area contributed by atoms with Crippen LogP contribution in [-0.4, -0.2) is 36.6 Å². The summed E-state index contributed by atoms with van der Waals surface area (Å²) >= 11 is 0. The van der Waals surface area contributed by atoms with Gasteiger partial charge in [-0.2, -0.15) is 0 Å². The molecule has 1 aromatic rings. The van der Waals surface area contributed by atoms with E-state index >= 15 is 0 Å². The lowest BCUT2D eigenvalue weighted by Gasteiger charge is -2.37. The minimum atomic E-state index is -0.394. The monoisotopic (exact) mass is 298 g/mol. The van der Waals surface area contributed by atoms with Crippen molar-refractivity contribution in [1.82, 2.24) is 4.90 Å². The van der Waals surface area contributed by atoms with Crippen molar-refractivity contribution in [2.45, 2.75) is 31.8 Å². The first-order chi connectivity index (χ1) is 9.24. The average molecular weight is 299 g/mol. The molecular weight excluding hydrogens is 276 g/mol. The van der Waals surface area contributed by atoms with Crippen molar-refractivity contribution in [3.63, 3.8) is 0 Å². The molecule has 20 heavy (non-hydrogen) atoms. The van der Waals surface area contributed by atoms with Gasteiger partial charge in [-0.05, 0) is 12.0 Å². The molecule has 2 N–H and O–H groups in total. The molecule has 1 heterocycles. The van der Waals surface area contributed by atoms with Crippen LogP contribution in [0.5, 0.6) is 0 Å². The van der Waals surface area contributed by atoms with Crippen LogP contribution in [0, 0.1) is 0 Å². The lowest BCUT2D eigenvalue weighted by molar-refractivity contribution is -0.141. The molecule has 2 atom stereocenters. The van der Waals surface area contributed by atoms with Crippen molar-refractivity contribution in [2.75, 3.05) is 19.8 Å². The Labute approximate surface area is 126 Å². The smallest absolute Gasteiger partial charge is 0.240 e. The summed E-state index contributed by atoms with van der Waals surface area (Å²) in [5, 5.41) is 0. The van der Waals surface area contributed by atoms with Crippen molar-refractivity contribution in [3.8, 4) is 0 Å². The van der Waals surface area contributed by atoms with Crippen LogP contribution >= 0.6 is 12.4 Å². The fraction of sp³-hybridized carbons (Fsp3) is 0.533. The number of benzene rings is 1. The standard InChI is InChI=1S/C15H22N2O2.ClH/c1-2-6-13(16)15(18)17-9-10-19-11-14(17)12-7-4-3-5-8-12;/h3-5,7-8,13-14H,2,6,9-11,16H2,1H3;1H. The molecule has 4 nitrogen and oxygen atoms in total. The summed E-state index contributed by atoms with van der Waals surface area (Å²) in [6.07, 6.45) is 1.66. The van der Waals surface area contributed by atoms with Gasteiger partial charge in [0.1, 0.15) is 0 Å². The van der Waals surface area contributed by atoms with Crippen LogP contribution in [-0.2, 0) is 9.53 Å². The molecule has 2 unspecified atom stereocenters. The Balaban J connectivity index is 0.00000200. The first kappa shape index (κ1) is 17.0. The number of carbonyl (C=O) groups is 1. The van der Waals surface area contributed by atoms with E-state index in [1.54, 1.807) is 0 Å². The largest absolute Gasteiger partial charge is 0.377 e. The molecule has 1 fully saturated rings. The number of ether oxygens (including phenoxy) is 1. The Morgan fingerprint density at radius 2 is 2.15 bits per heavy atom. The second-order valence-electron chi connectivity index (χ2n) is 4.93. The molecule has 1 aliphatic rings. The van der Waals surface area contributed by atoms with E-state index in [1.165, 1.54) is 0 Å². The van der Waals surface area contributed by atoms with Gasteiger partial charge in [-0.15, -0.1) is 12.4 Å². The number of hydrogen-bond acceptors (Lipinski definition) is 3. The SMILES string of the molecule is CCCC(N)C(=O)N1CCOCC1c1ccccc1.Cl. The Kier molecular flexibility index (Phi) is 6.99. The van der Waals surface area contributed by atoms with Crippen LogP contribution in [0.4, 0.5) is 0 Å². The lowest BCUT2D eigenvalue weighted by atomic mass is 10.0. The summed E-state index contributed by atoms with van der Waals surface area (Å²) in [7, 11) is 0. The van der Waals surface area contributed by atoms with E-state index in [4.69, 9.17) is 10.5 Å². The normalized spacial score (nSPS) is 20.1. The summed E-state index contributed by atoms with van der Waals surface area (Å²) < 4.78 is 5.52. The van der Waals surface area contributed by atoms with E-state index < -0.39 is 6.04 Å². The molecule has 0 radical (unpaired) electrons. The lowest BCUT2D eigenvalue weighted by Crippen LogP contribution is -2.50. The van der Waals surface area contributed by atoms with Gasteiger partial charge < -0.3 is 15.4 Å². The third-order valence-electron chi connectivity index (χ3n) is 3.51. The van der Waals surface area contributed by atoms with E-state index in [-0.39, 0.29) is 24.4 Å². The van der Waals surface area contributed by atoms with Gasteiger partial charge in [0.15, 0.2) is 0 Å². The Hall–Kier alpha value is -1.10. The fourth-order valence-corrected chi connectivity index (χ4v) is 2.47. The van der Waals surface area contributed by atoms with Gasteiger partial charge in [-0.1, -0.05) is 43.7 Å². The predicted octanol–water partition coefficient (Wildman–Crippen LogP) is 2.14. The highest BCUT2D eigenvalue weighted by molar-refractivity contribution is 5.85. The highest BCUT2D eigenvalue weighted by atomic mass is 35.5. The van der Waals surface area contributed by atoms with Crippen molar-refractivity contribution >= 4 is 18.3 Å². The van der Waals surface area contributed by atoms with Gasteiger partial charge in [0.05, 0.1) is 25.3 Å². The highest BCUT2D eigenvalue weighted by Gasteiger charge is 2.30. The van der Waals surface area contributed by atoms with Crippen LogP contribution in [0.25, 0.3) is 0 Å². The maximum atomic E-state index is 12.4. The topological polar surface area (TPSA) is 55.6 Å². The van der Waals surface area contributed by atoms with E-state index in [2.05, 4.69) is 0 Å². The molecule has 1 aromatic carbocycles. The number of halogens is 1. The summed E-state index contributed by atoms with van der Waals surface area (Å²) in [4.78, 5) is 14.3. The van der Waals surface area contributed by atoms with Gasteiger partial charge in [0.25, 0.3) is 0 Å². The molecule has 1 aliphatic heterocycles. The quantitative estimate of drug-likeness (QED) is 0.926. The number of hydrogen-bond donors (Lipinski definition) is 1. The third kappa shape index (κ3) is 3.95. The first-order valence-corrected chi connectivity index (χ1v) is 6.92. The number of nitrogens with two attached hydrogens (primary N) is 1. The van der Waals surface area contributed by atoms with Gasteiger partial charge in [0.2, 0.25) is 5.91 Å². The summed E-state index contributed by atoms with van der Waals surface area (Å²) in [6.45, 7) is 3.81. The molecule has 0 bridgehead atoms. The third-order valence-corrected chi connectivity index (χ3v) is 3.51. The van der Waals surface area contributed by atoms with Gasteiger partial charge in [-0.3, -0.25) is 4.79 Å². The molecule has 2 rings (SSSR count). The minimum absolute atomic E-state index is 0. The van der Waals surface area contributed by atoms with Gasteiger partial charge in [0, 0.05) is 6.54 Å². The Bertz CT molecular complexity index is 414. The summed E-state index contributed by atoms with van der Waals surface area (Å²) in [6, 6.07) is 9.61. The fourth-order valence-electron chi connectivity index (χ4n) is 2.47. The molecule has 0 aliphatic carbocycles. The van der Waals surface area contributed by atoms with E-state index in [9.17, 15) is 4.79 Å². The molecule has 0 aromatic heterocycles. The van der Waals surface area contributed by atoms with Crippen molar-refractivity contribution in [1.29, 1.82) is 0 Å². The molecule has 1 amide bonds. The van der Waals surface area contributed by atoms with E-state index in [0.29, 0.717) is 19.8 Å². The van der Waals surface area contributed by atoms with Crippen molar-refractivity contribution in [3.05, 3.63) is 35.9 Å². The number of rotatable bonds is 4. The minimum Gasteiger partial charge on any atom is -0.377 e. The molecular formula is C15H23ClN2O2. The molecule has 0 spiro atoms. The number of carbonyl (C=O) groups excluding carboxylic acids is 1. The van der Waals surface area contributed by atoms with E-state index in [1.807, 2.05) is 42.2 Å². The molecule has 0 saturated carbocycles. The van der Waals surface area contributed by atoms with Crippen molar-refractivity contribution < 1.29 is 9.53 Å². The zero-order valence-corrected chi connectivity index (χ0v) is 12.6. The predicted molar refractivity (Wildman–Crippen MR) is 81.8 cm³/mol. The molecule has 5 heteroatoms. The van der Waals surface area contributed by atoms with Gasteiger partial charge in [-0.25, -0.2) is 0 Å². The van der Waals surface area contributed by atoms with Crippen LogP contribution in [0.1, 0.15) is 31.4 Å². The maximum absolute atomic E-state index is 12.4. The Morgan fingerprint density at radius 3 is 2.80 bits per heavy atom. The number of amides is 1. The number of nitrogens with zero attached hydrogens (tertiary/aromatic N) is 1. The maximum Gasteiger partial charge on any atom is 0.240 e. The number of morpholine rings is 1. The van der Waals surface area contributed by atoms with Crippen LogP contribution < -0.4 is 5.73 Å². The second-order valence-corrected chi connectivity index (χ2v) is 4.93. The average Bonchev–Trinajstić information content (AvgIpc) is 2.47. The summed E-state index contributed by atoms with van der Waals surface area (Å²) in [5.41, 5.74) is 7.08. The summed E-state index contributed by atoms with van der Waals surface area (Å²) in [5.74, 6) is 0.0407. The Morgan fingerprint density at radius 1 is 1.45 bits per heavy atom. The van der Waals surface area contributed by atoms with Crippen LogP contribution in [0.15, 0.2) is 30.3 Å². The highest BCUT2D eigenvalue weighted by Crippen LogP contribution is 2.24. The van der Waals surface area contributed by atoms with Crippen molar-refractivity contribution in [2.24, 2.45) is 5.73 Å². The zero-order chi connectivity index (χ0) is 13.7. The second kappa shape index (κ2) is 8.25. The molecule has 112 valence electrons. The first-order valence-electron chi connectivity index (χ1n) is 6.92. The van der Waals surface area contributed by atoms with Crippen LogP contribution in [0.3, 0.4) is 0 Å². The van der Waals surface area contributed by atoms with Crippen LogP contribution in [0.2, 0.25) is 0 Å². The molecule has 1 saturated heterocycles.